The average molecular weight is 485 g/mol. The lowest BCUT2D eigenvalue weighted by atomic mass is 9.97. The first-order chi connectivity index (χ1) is 16.4. The highest BCUT2D eigenvalue weighted by atomic mass is 32.2. The number of carbonyl (C=O) groups is 2. The number of rotatable bonds is 10. The predicted octanol–water partition coefficient (Wildman–Crippen LogP) is 4.59. The summed E-state index contributed by atoms with van der Waals surface area (Å²) in [5.74, 6) is 1.22. The number of thioether (sulfide) groups is 1. The second-order valence-corrected chi connectivity index (χ2v) is 9.55. The summed E-state index contributed by atoms with van der Waals surface area (Å²) < 4.78 is 5.15. The third-order valence-corrected chi connectivity index (χ3v) is 6.87. The zero-order valence-electron chi connectivity index (χ0n) is 20.7. The summed E-state index contributed by atoms with van der Waals surface area (Å²) in [6.07, 6.45) is 3.52. The maximum Gasteiger partial charge on any atom is 0.310 e. The average Bonchev–Trinajstić information content (AvgIpc) is 2.87. The normalized spacial score (nSPS) is 15.8. The molecular weight excluding hydrogens is 448 g/mol. The van der Waals surface area contributed by atoms with Gasteiger partial charge in [-0.25, -0.2) is 9.97 Å². The quantitative estimate of drug-likeness (QED) is 0.277. The lowest BCUT2D eigenvalue weighted by Crippen LogP contribution is -2.42. The van der Waals surface area contributed by atoms with Crippen LogP contribution in [0, 0.1) is 5.92 Å². The number of likely N-dealkylation sites (tertiary alicyclic amines) is 1. The molecule has 1 saturated heterocycles. The van der Waals surface area contributed by atoms with Crippen molar-refractivity contribution in [3.8, 4) is 0 Å². The molecule has 2 heterocycles. The van der Waals surface area contributed by atoms with E-state index in [1.54, 1.807) is 23.6 Å². The smallest absolute Gasteiger partial charge is 0.310 e. The Bertz CT molecular complexity index is 967. The molecule has 1 unspecified atom stereocenters. The molecule has 0 N–H and O–H groups in total. The van der Waals surface area contributed by atoms with Crippen LogP contribution in [0.15, 0.2) is 35.5 Å². The third-order valence-electron chi connectivity index (χ3n) is 5.95. The van der Waals surface area contributed by atoms with Crippen molar-refractivity contribution >= 4 is 29.5 Å². The lowest BCUT2D eigenvalue weighted by Gasteiger charge is -2.31. The van der Waals surface area contributed by atoms with Gasteiger partial charge in [0.2, 0.25) is 0 Å². The first kappa shape index (κ1) is 26.0. The molecular formula is C26H36N4O3S. The zero-order chi connectivity index (χ0) is 24.5. The van der Waals surface area contributed by atoms with Crippen molar-refractivity contribution < 1.29 is 14.3 Å². The van der Waals surface area contributed by atoms with Gasteiger partial charge in [0.15, 0.2) is 5.16 Å². The number of hydrogen-bond acceptors (Lipinski definition) is 7. The van der Waals surface area contributed by atoms with Crippen LogP contribution < -0.4 is 4.90 Å². The Balaban J connectivity index is 1.61. The van der Waals surface area contributed by atoms with Gasteiger partial charge in [-0.2, -0.15) is 0 Å². The summed E-state index contributed by atoms with van der Waals surface area (Å²) in [6, 6.07) is 9.78. The van der Waals surface area contributed by atoms with E-state index in [1.165, 1.54) is 0 Å². The summed E-state index contributed by atoms with van der Waals surface area (Å²) in [5, 5.41) is 0.774. The molecule has 1 amide bonds. The number of nitrogens with zero attached hydrogens (tertiary/aromatic N) is 4. The Labute approximate surface area is 207 Å². The molecule has 1 atom stereocenters. The topological polar surface area (TPSA) is 75.6 Å². The summed E-state index contributed by atoms with van der Waals surface area (Å²) in [4.78, 5) is 38.4. The first-order valence-corrected chi connectivity index (χ1v) is 13.2. The van der Waals surface area contributed by atoms with Crippen LogP contribution in [-0.4, -0.2) is 60.0 Å². The molecule has 1 aliphatic heterocycles. The molecule has 0 saturated carbocycles. The summed E-state index contributed by atoms with van der Waals surface area (Å²) in [5.41, 5.74) is 2.79. The molecule has 8 heteroatoms. The maximum absolute atomic E-state index is 13.0. The van der Waals surface area contributed by atoms with E-state index in [0.29, 0.717) is 25.3 Å². The van der Waals surface area contributed by atoms with Crippen molar-refractivity contribution in [2.45, 2.75) is 57.4 Å². The number of piperidine rings is 1. The van der Waals surface area contributed by atoms with E-state index in [9.17, 15) is 9.59 Å². The highest BCUT2D eigenvalue weighted by Crippen LogP contribution is 2.24. The molecule has 184 valence electrons. The van der Waals surface area contributed by atoms with E-state index in [4.69, 9.17) is 9.72 Å². The summed E-state index contributed by atoms with van der Waals surface area (Å²) in [7, 11) is 2.06. The van der Waals surface area contributed by atoms with Crippen LogP contribution >= 0.6 is 11.8 Å². The number of amides is 1. The van der Waals surface area contributed by atoms with E-state index >= 15 is 0 Å². The van der Waals surface area contributed by atoms with Gasteiger partial charge in [0, 0.05) is 49.8 Å². The highest BCUT2D eigenvalue weighted by Gasteiger charge is 2.29. The highest BCUT2D eigenvalue weighted by molar-refractivity contribution is 7.98. The molecule has 0 radical (unpaired) electrons. The van der Waals surface area contributed by atoms with Crippen LogP contribution in [0.3, 0.4) is 0 Å². The Hall–Kier alpha value is -2.61. The number of benzene rings is 1. The minimum absolute atomic E-state index is 0.0317. The van der Waals surface area contributed by atoms with Gasteiger partial charge in [0.05, 0.1) is 12.5 Å². The Morgan fingerprint density at radius 3 is 2.62 bits per heavy atom. The molecule has 0 bridgehead atoms. The van der Waals surface area contributed by atoms with E-state index in [-0.39, 0.29) is 17.8 Å². The zero-order valence-corrected chi connectivity index (χ0v) is 21.6. The van der Waals surface area contributed by atoms with Gasteiger partial charge >= 0.3 is 5.97 Å². The van der Waals surface area contributed by atoms with Crippen LogP contribution in [0.25, 0.3) is 0 Å². The SMILES string of the molecule is CCCN(C)c1cc(CC)nc(SCc2ccc(C(=O)N3CCCC(C(=O)OCC)C3)cc2)n1. The fourth-order valence-electron chi connectivity index (χ4n) is 4.04. The number of aryl methyl sites for hydroxylation is 1. The Morgan fingerprint density at radius 2 is 1.94 bits per heavy atom. The number of ether oxygens (including phenoxy) is 1. The van der Waals surface area contributed by atoms with Crippen molar-refractivity contribution in [1.29, 1.82) is 0 Å². The molecule has 7 nitrogen and oxygen atoms in total. The Kier molecular flexibility index (Phi) is 9.74. The van der Waals surface area contributed by atoms with Crippen molar-refractivity contribution in [2.75, 3.05) is 38.2 Å². The minimum atomic E-state index is -0.228. The van der Waals surface area contributed by atoms with Crippen LogP contribution in [0.2, 0.25) is 0 Å². The van der Waals surface area contributed by atoms with E-state index in [0.717, 1.165) is 60.2 Å². The molecule has 0 spiro atoms. The van der Waals surface area contributed by atoms with Gasteiger partial charge < -0.3 is 14.5 Å². The van der Waals surface area contributed by atoms with Gasteiger partial charge in [-0.15, -0.1) is 0 Å². The molecule has 1 aliphatic rings. The molecule has 0 aliphatic carbocycles. The number of anilines is 1. The molecule has 2 aromatic rings. The van der Waals surface area contributed by atoms with Crippen LogP contribution in [0.4, 0.5) is 5.82 Å². The largest absolute Gasteiger partial charge is 0.466 e. The predicted molar refractivity (Wildman–Crippen MR) is 136 cm³/mol. The van der Waals surface area contributed by atoms with Crippen molar-refractivity contribution in [3.63, 3.8) is 0 Å². The molecule has 34 heavy (non-hydrogen) atoms. The fourth-order valence-corrected chi connectivity index (χ4v) is 4.87. The molecule has 1 fully saturated rings. The van der Waals surface area contributed by atoms with Crippen molar-refractivity contribution in [1.82, 2.24) is 14.9 Å². The fraction of sp³-hybridized carbons (Fsp3) is 0.538. The van der Waals surface area contributed by atoms with E-state index < -0.39 is 0 Å². The van der Waals surface area contributed by atoms with Gasteiger partial charge in [-0.3, -0.25) is 9.59 Å². The Morgan fingerprint density at radius 1 is 1.18 bits per heavy atom. The van der Waals surface area contributed by atoms with Crippen LogP contribution in [0.5, 0.6) is 0 Å². The monoisotopic (exact) mass is 484 g/mol. The van der Waals surface area contributed by atoms with Crippen LogP contribution in [0.1, 0.15) is 61.6 Å². The maximum atomic E-state index is 13.0. The minimum Gasteiger partial charge on any atom is -0.466 e. The van der Waals surface area contributed by atoms with Gasteiger partial charge in [0.1, 0.15) is 5.82 Å². The van der Waals surface area contributed by atoms with Crippen molar-refractivity contribution in [3.05, 3.63) is 47.2 Å². The second-order valence-electron chi connectivity index (χ2n) is 8.60. The summed E-state index contributed by atoms with van der Waals surface area (Å²) in [6.45, 7) is 8.49. The van der Waals surface area contributed by atoms with Crippen molar-refractivity contribution in [2.24, 2.45) is 5.92 Å². The lowest BCUT2D eigenvalue weighted by molar-refractivity contribution is -0.149. The standard InChI is InChI=1S/C26H36N4O3S/c1-5-14-29(4)23-16-22(6-2)27-26(28-23)34-18-19-10-12-20(13-11-19)24(31)30-15-8-9-21(17-30)25(32)33-7-3/h10-13,16,21H,5-9,14-15,17-18H2,1-4H3. The number of carbonyl (C=O) groups excluding carboxylic acids is 2. The molecule has 3 rings (SSSR count). The number of hydrogen-bond donors (Lipinski definition) is 0. The first-order valence-electron chi connectivity index (χ1n) is 12.2. The van der Waals surface area contributed by atoms with E-state index in [1.807, 2.05) is 24.3 Å². The third kappa shape index (κ3) is 6.95. The molecule has 1 aromatic heterocycles. The van der Waals surface area contributed by atoms with Gasteiger partial charge in [-0.1, -0.05) is 37.7 Å². The summed E-state index contributed by atoms with van der Waals surface area (Å²) >= 11 is 1.61. The van der Waals surface area contributed by atoms with Gasteiger partial charge in [-0.05, 0) is 50.3 Å². The number of esters is 1. The van der Waals surface area contributed by atoms with Crippen LogP contribution in [-0.2, 0) is 21.7 Å². The van der Waals surface area contributed by atoms with Gasteiger partial charge in [0.25, 0.3) is 5.91 Å². The second kappa shape index (κ2) is 12.7. The number of aromatic nitrogens is 2. The van der Waals surface area contributed by atoms with E-state index in [2.05, 4.69) is 36.8 Å². The molecule has 1 aromatic carbocycles.